The maximum atomic E-state index is 6.57. The molecule has 8 aromatic carbocycles. The summed E-state index contributed by atoms with van der Waals surface area (Å²) in [6, 6.07) is 59.4. The third-order valence-electron chi connectivity index (χ3n) is 11.5. The maximum absolute atomic E-state index is 6.57. The number of hydrogen-bond acceptors (Lipinski definition) is 2. The lowest BCUT2D eigenvalue weighted by Gasteiger charge is -2.26. The molecule has 0 aliphatic rings. The van der Waals surface area contributed by atoms with E-state index in [4.69, 9.17) is 4.42 Å². The molecule has 0 aliphatic carbocycles. The highest BCUT2D eigenvalue weighted by atomic mass is 16.3. The average molecular weight is 662 g/mol. The van der Waals surface area contributed by atoms with Gasteiger partial charge in [-0.05, 0) is 66.7 Å². The number of nitrogens with zero attached hydrogens (tertiary/aromatic N) is 3. The van der Waals surface area contributed by atoms with Crippen molar-refractivity contribution in [1.82, 2.24) is 8.80 Å². The van der Waals surface area contributed by atoms with Gasteiger partial charge in [0.2, 0.25) is 0 Å². The summed E-state index contributed by atoms with van der Waals surface area (Å²) in [4.78, 5) is 2.41. The molecular weight excluding hydrogens is 635 g/mol. The van der Waals surface area contributed by atoms with E-state index in [0.717, 1.165) is 39.0 Å². The molecule has 4 nitrogen and oxygen atoms in total. The van der Waals surface area contributed by atoms with Crippen LogP contribution >= 0.6 is 0 Å². The van der Waals surface area contributed by atoms with Crippen LogP contribution in [0, 0.1) is 0 Å². The number of hydrogen-bond donors (Lipinski definition) is 0. The molecule has 0 amide bonds. The molecule has 0 N–H and O–H groups in total. The number of rotatable bonds is 3. The average Bonchev–Trinajstić information content (AvgIpc) is 3.99. The molecule has 0 atom stereocenters. The molecule has 0 radical (unpaired) electrons. The van der Waals surface area contributed by atoms with Gasteiger partial charge in [-0.3, -0.25) is 0 Å². The SMILES string of the molecule is c1ccc(N(c2ccccc2)c2ccc3c4c5c6ccccc6n6c7ccccc7c(cc4n4c3c2c2ccc3oc7ccccc7c3c24)c56)cc1. The fourth-order valence-corrected chi connectivity index (χ4v) is 9.59. The summed E-state index contributed by atoms with van der Waals surface area (Å²) >= 11 is 0. The van der Waals surface area contributed by atoms with E-state index < -0.39 is 0 Å². The lowest BCUT2D eigenvalue weighted by atomic mass is 9.99. The number of para-hydroxylation sites is 5. The van der Waals surface area contributed by atoms with Gasteiger partial charge in [-0.1, -0.05) is 97.1 Å². The zero-order chi connectivity index (χ0) is 33.7. The lowest BCUT2D eigenvalue weighted by molar-refractivity contribution is 0.669. The summed E-state index contributed by atoms with van der Waals surface area (Å²) in [5, 5.41) is 12.5. The van der Waals surface area contributed by atoms with Crippen molar-refractivity contribution in [3.63, 3.8) is 0 Å². The summed E-state index contributed by atoms with van der Waals surface area (Å²) in [5.74, 6) is 0. The van der Waals surface area contributed by atoms with Gasteiger partial charge in [-0.25, -0.2) is 0 Å². The largest absolute Gasteiger partial charge is 0.456 e. The first-order chi connectivity index (χ1) is 25.8. The summed E-state index contributed by atoms with van der Waals surface area (Å²) < 4.78 is 11.6. The number of benzene rings is 8. The Labute approximate surface area is 296 Å². The van der Waals surface area contributed by atoms with Gasteiger partial charge in [0, 0.05) is 59.9 Å². The summed E-state index contributed by atoms with van der Waals surface area (Å²) in [5.41, 5.74) is 12.6. The van der Waals surface area contributed by atoms with Crippen LogP contribution in [0.2, 0.25) is 0 Å². The van der Waals surface area contributed by atoms with Gasteiger partial charge in [0.1, 0.15) is 11.2 Å². The smallest absolute Gasteiger partial charge is 0.137 e. The van der Waals surface area contributed by atoms with E-state index in [0.29, 0.717) is 0 Å². The Morgan fingerprint density at radius 3 is 1.69 bits per heavy atom. The number of anilines is 3. The van der Waals surface area contributed by atoms with Gasteiger partial charge in [0.05, 0.1) is 44.2 Å². The van der Waals surface area contributed by atoms with Gasteiger partial charge >= 0.3 is 0 Å². The van der Waals surface area contributed by atoms with Crippen molar-refractivity contribution in [3.8, 4) is 0 Å². The van der Waals surface area contributed by atoms with E-state index in [1.165, 1.54) is 76.2 Å². The van der Waals surface area contributed by atoms with Crippen LogP contribution in [0.1, 0.15) is 0 Å². The van der Waals surface area contributed by atoms with Gasteiger partial charge in [0.15, 0.2) is 0 Å². The monoisotopic (exact) mass is 661 g/mol. The van der Waals surface area contributed by atoms with Crippen molar-refractivity contribution < 1.29 is 4.42 Å². The number of furan rings is 1. The molecule has 4 heteroatoms. The molecule has 52 heavy (non-hydrogen) atoms. The molecule has 0 spiro atoms. The Balaban J connectivity index is 1.33. The molecule has 13 aromatic rings. The topological polar surface area (TPSA) is 25.2 Å². The first-order valence-corrected chi connectivity index (χ1v) is 17.9. The summed E-state index contributed by atoms with van der Waals surface area (Å²) in [6.07, 6.45) is 0. The van der Waals surface area contributed by atoms with Crippen molar-refractivity contribution in [2.75, 3.05) is 4.90 Å². The van der Waals surface area contributed by atoms with Gasteiger partial charge < -0.3 is 18.1 Å². The Morgan fingerprint density at radius 1 is 0.346 bits per heavy atom. The molecule has 5 aromatic heterocycles. The lowest BCUT2D eigenvalue weighted by Crippen LogP contribution is -2.10. The Hall–Kier alpha value is -7.04. The Kier molecular flexibility index (Phi) is 4.83. The predicted octanol–water partition coefficient (Wildman–Crippen LogP) is 13.4. The molecule has 0 bridgehead atoms. The van der Waals surface area contributed by atoms with Crippen LogP contribution in [0.25, 0.3) is 98.1 Å². The zero-order valence-corrected chi connectivity index (χ0v) is 27.8. The second-order valence-corrected chi connectivity index (χ2v) is 14.0. The van der Waals surface area contributed by atoms with Crippen LogP contribution in [0.4, 0.5) is 17.1 Å². The van der Waals surface area contributed by atoms with Crippen molar-refractivity contribution in [2.24, 2.45) is 0 Å². The van der Waals surface area contributed by atoms with E-state index in [1.807, 2.05) is 0 Å². The third-order valence-corrected chi connectivity index (χ3v) is 11.5. The maximum Gasteiger partial charge on any atom is 0.137 e. The van der Waals surface area contributed by atoms with E-state index >= 15 is 0 Å². The van der Waals surface area contributed by atoms with Crippen LogP contribution in [0.15, 0.2) is 168 Å². The molecular formula is C48H27N3O. The van der Waals surface area contributed by atoms with Crippen molar-refractivity contribution in [2.45, 2.75) is 0 Å². The van der Waals surface area contributed by atoms with Crippen LogP contribution in [0.5, 0.6) is 0 Å². The fourth-order valence-electron chi connectivity index (χ4n) is 9.59. The highest BCUT2D eigenvalue weighted by molar-refractivity contribution is 6.40. The van der Waals surface area contributed by atoms with Gasteiger partial charge in [-0.15, -0.1) is 0 Å². The van der Waals surface area contributed by atoms with Gasteiger partial charge in [-0.2, -0.15) is 0 Å². The molecule has 0 aliphatic heterocycles. The first kappa shape index (κ1) is 26.8. The molecule has 0 saturated heterocycles. The third kappa shape index (κ3) is 3.11. The van der Waals surface area contributed by atoms with Gasteiger partial charge in [0.25, 0.3) is 0 Å². The highest BCUT2D eigenvalue weighted by Crippen LogP contribution is 2.52. The molecule has 240 valence electrons. The fraction of sp³-hybridized carbons (Fsp3) is 0. The van der Waals surface area contributed by atoms with Crippen molar-refractivity contribution in [3.05, 3.63) is 164 Å². The van der Waals surface area contributed by atoms with Crippen LogP contribution in [-0.2, 0) is 0 Å². The second-order valence-electron chi connectivity index (χ2n) is 14.0. The Morgan fingerprint density at radius 2 is 0.923 bits per heavy atom. The minimum absolute atomic E-state index is 0.903. The van der Waals surface area contributed by atoms with Crippen LogP contribution < -0.4 is 4.90 Å². The second kappa shape index (κ2) is 9.39. The molecule has 0 unspecified atom stereocenters. The highest BCUT2D eigenvalue weighted by Gasteiger charge is 2.29. The van der Waals surface area contributed by atoms with E-state index in [2.05, 4.69) is 177 Å². The van der Waals surface area contributed by atoms with Crippen molar-refractivity contribution in [1.29, 1.82) is 0 Å². The van der Waals surface area contributed by atoms with E-state index in [-0.39, 0.29) is 0 Å². The molecule has 0 saturated carbocycles. The standard InChI is InChI=1S/C48H27N3O/c1-3-13-28(14-4-1)49(29-15-5-2-6-16-29)38-25-23-33-42-39(27-35-30-17-7-10-20-36(30)50-37-21-11-8-18-31(37)45(42)48(35)50)51-46(33)43(38)34-24-26-41-44(47(34)51)32-19-9-12-22-40(32)52-41/h1-27H. The number of aromatic nitrogens is 2. The summed E-state index contributed by atoms with van der Waals surface area (Å²) in [6.45, 7) is 0. The molecule has 5 heterocycles. The van der Waals surface area contributed by atoms with Crippen LogP contribution in [0.3, 0.4) is 0 Å². The minimum atomic E-state index is 0.903. The zero-order valence-electron chi connectivity index (χ0n) is 27.8. The molecule has 13 rings (SSSR count). The Bertz CT molecular complexity index is 3530. The predicted molar refractivity (Wildman–Crippen MR) is 218 cm³/mol. The first-order valence-electron chi connectivity index (χ1n) is 17.9. The number of fused-ring (bicyclic) bond motifs is 17. The normalized spacial score (nSPS) is 12.6. The minimum Gasteiger partial charge on any atom is -0.456 e. The van der Waals surface area contributed by atoms with Crippen molar-refractivity contribution >= 4 is 115 Å². The van der Waals surface area contributed by atoms with E-state index in [9.17, 15) is 0 Å². The van der Waals surface area contributed by atoms with E-state index in [1.54, 1.807) is 0 Å². The molecule has 0 fully saturated rings. The quantitative estimate of drug-likeness (QED) is 0.188. The van der Waals surface area contributed by atoms with Crippen LogP contribution in [-0.4, -0.2) is 8.80 Å². The summed E-state index contributed by atoms with van der Waals surface area (Å²) in [7, 11) is 0.